The minimum atomic E-state index is -0.0676. The van der Waals surface area contributed by atoms with E-state index in [9.17, 15) is 4.79 Å². The van der Waals surface area contributed by atoms with Gasteiger partial charge in [0.2, 0.25) is 0 Å². The third kappa shape index (κ3) is 4.08. The zero-order valence-corrected chi connectivity index (χ0v) is 13.8. The third-order valence-corrected chi connectivity index (χ3v) is 3.79. The molecule has 110 valence electrons. The number of para-hydroxylation sites is 1. The van der Waals surface area contributed by atoms with E-state index in [1.807, 2.05) is 62.4 Å². The number of nitrogens with one attached hydrogen (secondary N) is 2. The van der Waals surface area contributed by atoms with Crippen LogP contribution in [0.4, 0.5) is 5.69 Å². The summed E-state index contributed by atoms with van der Waals surface area (Å²) in [6.07, 6.45) is 0. The normalized spacial score (nSPS) is 11.8. The molecule has 0 fully saturated rings. The van der Waals surface area contributed by atoms with Crippen LogP contribution in [0.2, 0.25) is 0 Å². The molecule has 0 spiro atoms. The van der Waals surface area contributed by atoms with Gasteiger partial charge in [-0.2, -0.15) is 0 Å². The van der Waals surface area contributed by atoms with Gasteiger partial charge in [-0.25, -0.2) is 0 Å². The van der Waals surface area contributed by atoms with Crippen LogP contribution < -0.4 is 10.6 Å². The molecule has 0 radical (unpaired) electrons. The van der Waals surface area contributed by atoms with E-state index >= 15 is 0 Å². The first-order valence-electron chi connectivity index (χ1n) is 7.01. The van der Waals surface area contributed by atoms with Gasteiger partial charge >= 0.3 is 0 Å². The molecule has 0 saturated carbocycles. The van der Waals surface area contributed by atoms with E-state index in [0.717, 1.165) is 22.3 Å². The fourth-order valence-corrected chi connectivity index (χ4v) is 2.40. The zero-order valence-electron chi connectivity index (χ0n) is 12.2. The Morgan fingerprint density at radius 3 is 2.48 bits per heavy atom. The molecule has 0 aromatic heterocycles. The summed E-state index contributed by atoms with van der Waals surface area (Å²) in [6.45, 7) is 4.78. The first-order valence-corrected chi connectivity index (χ1v) is 7.80. The van der Waals surface area contributed by atoms with Gasteiger partial charge in [0.15, 0.2) is 0 Å². The number of benzene rings is 2. The van der Waals surface area contributed by atoms with Gasteiger partial charge in [-0.15, -0.1) is 0 Å². The van der Waals surface area contributed by atoms with Crippen molar-refractivity contribution in [1.82, 2.24) is 5.32 Å². The van der Waals surface area contributed by atoms with Crippen LogP contribution in [0, 0.1) is 0 Å². The van der Waals surface area contributed by atoms with Crippen molar-refractivity contribution in [2.24, 2.45) is 0 Å². The highest BCUT2D eigenvalue weighted by Gasteiger charge is 2.14. The standard InChI is InChI=1S/C17H19BrN2O/c1-3-19-16-7-5-4-6-15(16)17(21)20-12(2)13-8-10-14(18)11-9-13/h4-12,19H,3H2,1-2H3,(H,20,21)/t12-/m1/s1. The Balaban J connectivity index is 2.12. The molecule has 21 heavy (non-hydrogen) atoms. The van der Waals surface area contributed by atoms with Gasteiger partial charge < -0.3 is 10.6 Å². The number of halogens is 1. The molecule has 0 heterocycles. The highest BCUT2D eigenvalue weighted by Crippen LogP contribution is 2.19. The summed E-state index contributed by atoms with van der Waals surface area (Å²) >= 11 is 3.41. The van der Waals surface area contributed by atoms with E-state index in [2.05, 4.69) is 26.6 Å². The van der Waals surface area contributed by atoms with Crippen molar-refractivity contribution in [3.05, 3.63) is 64.1 Å². The van der Waals surface area contributed by atoms with Crippen molar-refractivity contribution in [2.75, 3.05) is 11.9 Å². The van der Waals surface area contributed by atoms with Crippen molar-refractivity contribution >= 4 is 27.5 Å². The van der Waals surface area contributed by atoms with Crippen LogP contribution in [-0.4, -0.2) is 12.5 Å². The lowest BCUT2D eigenvalue weighted by molar-refractivity contribution is 0.0940. The fourth-order valence-electron chi connectivity index (χ4n) is 2.13. The molecule has 0 unspecified atom stereocenters. The van der Waals surface area contributed by atoms with Crippen LogP contribution in [0.5, 0.6) is 0 Å². The van der Waals surface area contributed by atoms with Crippen molar-refractivity contribution in [3.63, 3.8) is 0 Å². The summed E-state index contributed by atoms with van der Waals surface area (Å²) in [5.74, 6) is -0.0676. The Morgan fingerprint density at radius 1 is 1.14 bits per heavy atom. The van der Waals surface area contributed by atoms with Crippen LogP contribution in [0.3, 0.4) is 0 Å². The molecule has 2 aromatic carbocycles. The first kappa shape index (κ1) is 15.6. The predicted molar refractivity (Wildman–Crippen MR) is 90.6 cm³/mol. The number of hydrogen-bond donors (Lipinski definition) is 2. The van der Waals surface area contributed by atoms with Crippen LogP contribution in [0.15, 0.2) is 53.0 Å². The Bertz CT molecular complexity index is 610. The lowest BCUT2D eigenvalue weighted by Crippen LogP contribution is -2.27. The van der Waals surface area contributed by atoms with Crippen molar-refractivity contribution in [1.29, 1.82) is 0 Å². The number of rotatable bonds is 5. The molecule has 2 aromatic rings. The Labute approximate surface area is 133 Å². The molecule has 0 saturated heterocycles. The van der Waals surface area contributed by atoms with Gasteiger partial charge in [0.25, 0.3) is 5.91 Å². The maximum absolute atomic E-state index is 12.4. The molecule has 2 rings (SSSR count). The largest absolute Gasteiger partial charge is 0.385 e. The number of anilines is 1. The Morgan fingerprint density at radius 2 is 1.81 bits per heavy atom. The van der Waals surface area contributed by atoms with Gasteiger partial charge in [0.05, 0.1) is 11.6 Å². The lowest BCUT2D eigenvalue weighted by atomic mass is 10.1. The molecule has 0 aliphatic heterocycles. The summed E-state index contributed by atoms with van der Waals surface area (Å²) in [5.41, 5.74) is 2.61. The summed E-state index contributed by atoms with van der Waals surface area (Å²) in [4.78, 5) is 12.4. The van der Waals surface area contributed by atoms with Crippen LogP contribution >= 0.6 is 15.9 Å². The van der Waals surface area contributed by atoms with Crippen molar-refractivity contribution in [2.45, 2.75) is 19.9 Å². The first-order chi connectivity index (χ1) is 10.1. The molecule has 2 N–H and O–H groups in total. The quantitative estimate of drug-likeness (QED) is 0.843. The molecular formula is C17H19BrN2O. The summed E-state index contributed by atoms with van der Waals surface area (Å²) in [6, 6.07) is 15.5. The zero-order chi connectivity index (χ0) is 15.2. The topological polar surface area (TPSA) is 41.1 Å². The summed E-state index contributed by atoms with van der Waals surface area (Å²) < 4.78 is 1.03. The molecule has 0 aliphatic rings. The minimum Gasteiger partial charge on any atom is -0.385 e. The molecule has 1 atom stereocenters. The van der Waals surface area contributed by atoms with Gasteiger partial charge in [0.1, 0.15) is 0 Å². The van der Waals surface area contributed by atoms with E-state index in [1.54, 1.807) is 0 Å². The molecule has 4 heteroatoms. The van der Waals surface area contributed by atoms with E-state index in [1.165, 1.54) is 0 Å². The van der Waals surface area contributed by atoms with Gasteiger partial charge in [0, 0.05) is 16.7 Å². The van der Waals surface area contributed by atoms with Crippen molar-refractivity contribution in [3.8, 4) is 0 Å². The third-order valence-electron chi connectivity index (χ3n) is 3.26. The lowest BCUT2D eigenvalue weighted by Gasteiger charge is -2.16. The van der Waals surface area contributed by atoms with E-state index in [0.29, 0.717) is 5.56 Å². The fraction of sp³-hybridized carbons (Fsp3) is 0.235. The van der Waals surface area contributed by atoms with Crippen LogP contribution in [0.1, 0.15) is 35.8 Å². The van der Waals surface area contributed by atoms with Gasteiger partial charge in [-0.05, 0) is 43.7 Å². The number of carbonyl (C=O) groups excluding carboxylic acids is 1. The molecule has 1 amide bonds. The minimum absolute atomic E-state index is 0.0414. The average molecular weight is 347 g/mol. The van der Waals surface area contributed by atoms with Crippen LogP contribution in [-0.2, 0) is 0 Å². The van der Waals surface area contributed by atoms with E-state index < -0.39 is 0 Å². The van der Waals surface area contributed by atoms with Gasteiger partial charge in [-0.3, -0.25) is 4.79 Å². The number of amides is 1. The maximum atomic E-state index is 12.4. The highest BCUT2D eigenvalue weighted by molar-refractivity contribution is 9.10. The average Bonchev–Trinajstić information content (AvgIpc) is 2.48. The predicted octanol–water partition coefficient (Wildman–Crippen LogP) is 4.37. The second-order valence-corrected chi connectivity index (χ2v) is 5.74. The summed E-state index contributed by atoms with van der Waals surface area (Å²) in [5, 5.41) is 6.25. The molecular weight excluding hydrogens is 328 g/mol. The van der Waals surface area contributed by atoms with E-state index in [-0.39, 0.29) is 11.9 Å². The molecule has 0 aliphatic carbocycles. The molecule has 0 bridgehead atoms. The number of hydrogen-bond acceptors (Lipinski definition) is 2. The van der Waals surface area contributed by atoms with Crippen molar-refractivity contribution < 1.29 is 4.79 Å². The van der Waals surface area contributed by atoms with Crippen LogP contribution in [0.25, 0.3) is 0 Å². The van der Waals surface area contributed by atoms with Gasteiger partial charge in [-0.1, -0.05) is 40.2 Å². The second kappa shape index (κ2) is 7.27. The highest BCUT2D eigenvalue weighted by atomic mass is 79.9. The number of carbonyl (C=O) groups is 1. The monoisotopic (exact) mass is 346 g/mol. The van der Waals surface area contributed by atoms with E-state index in [4.69, 9.17) is 0 Å². The molecule has 3 nitrogen and oxygen atoms in total. The Hall–Kier alpha value is -1.81. The maximum Gasteiger partial charge on any atom is 0.253 e. The SMILES string of the molecule is CCNc1ccccc1C(=O)N[C@H](C)c1ccc(Br)cc1. The second-order valence-electron chi connectivity index (χ2n) is 4.82. The smallest absolute Gasteiger partial charge is 0.253 e. The Kier molecular flexibility index (Phi) is 5.39. The summed E-state index contributed by atoms with van der Waals surface area (Å²) in [7, 11) is 0.